The quantitative estimate of drug-likeness (QED) is 0.757. The van der Waals surface area contributed by atoms with Crippen LogP contribution in [0.3, 0.4) is 0 Å². The Balaban J connectivity index is 0.000000921. The molecule has 1 saturated carbocycles. The van der Waals surface area contributed by atoms with E-state index in [4.69, 9.17) is 5.11 Å². The van der Waals surface area contributed by atoms with Gasteiger partial charge in [-0.25, -0.2) is 0 Å². The van der Waals surface area contributed by atoms with Gasteiger partial charge in [0.15, 0.2) is 0 Å². The molecular weight excluding hydrogens is 190 g/mol. The number of carbonyl (C=O) groups is 1. The van der Waals surface area contributed by atoms with E-state index in [2.05, 4.69) is 12.2 Å². The fourth-order valence-electron chi connectivity index (χ4n) is 1.92. The van der Waals surface area contributed by atoms with Crippen molar-refractivity contribution in [3.8, 4) is 0 Å². The van der Waals surface area contributed by atoms with Crippen LogP contribution in [-0.2, 0) is 4.79 Å². The van der Waals surface area contributed by atoms with Crippen molar-refractivity contribution in [1.29, 1.82) is 0 Å². The van der Waals surface area contributed by atoms with Crippen LogP contribution in [0, 0.1) is 11.8 Å². The van der Waals surface area contributed by atoms with Crippen LogP contribution in [-0.4, -0.2) is 24.2 Å². The van der Waals surface area contributed by atoms with E-state index >= 15 is 0 Å². The number of hydrogen-bond donors (Lipinski definition) is 2. The molecule has 15 heavy (non-hydrogen) atoms. The van der Waals surface area contributed by atoms with Gasteiger partial charge < -0.3 is 10.4 Å². The van der Waals surface area contributed by atoms with E-state index in [-0.39, 0.29) is 6.54 Å². The van der Waals surface area contributed by atoms with Gasteiger partial charge in [0.05, 0.1) is 6.54 Å². The summed E-state index contributed by atoms with van der Waals surface area (Å²) in [5.41, 5.74) is 0. The van der Waals surface area contributed by atoms with E-state index in [9.17, 15) is 4.79 Å². The van der Waals surface area contributed by atoms with E-state index in [1.807, 2.05) is 13.8 Å². The van der Waals surface area contributed by atoms with Crippen molar-refractivity contribution < 1.29 is 9.90 Å². The molecule has 0 aliphatic heterocycles. The van der Waals surface area contributed by atoms with Crippen LogP contribution in [0.5, 0.6) is 0 Å². The molecule has 0 aromatic heterocycles. The topological polar surface area (TPSA) is 49.3 Å². The van der Waals surface area contributed by atoms with E-state index in [0.29, 0.717) is 5.92 Å². The van der Waals surface area contributed by atoms with Crippen molar-refractivity contribution in [3.63, 3.8) is 0 Å². The monoisotopic (exact) mass is 215 g/mol. The summed E-state index contributed by atoms with van der Waals surface area (Å²) in [5.74, 6) is 0.815. The molecule has 1 fully saturated rings. The normalized spacial score (nSPS) is 25.3. The van der Waals surface area contributed by atoms with Gasteiger partial charge in [0.2, 0.25) is 0 Å². The number of rotatable bonds is 4. The van der Waals surface area contributed by atoms with E-state index in [1.165, 1.54) is 25.7 Å². The largest absolute Gasteiger partial charge is 0.480 e. The third-order valence-corrected chi connectivity index (χ3v) is 2.84. The molecule has 1 aliphatic rings. The van der Waals surface area contributed by atoms with Crippen LogP contribution in [0.15, 0.2) is 0 Å². The second-order valence-corrected chi connectivity index (χ2v) is 4.15. The highest BCUT2D eigenvalue weighted by molar-refractivity contribution is 5.68. The summed E-state index contributed by atoms with van der Waals surface area (Å²) in [6, 6.07) is 0. The first kappa shape index (κ1) is 14.4. The molecule has 2 N–H and O–H groups in total. The van der Waals surface area contributed by atoms with Gasteiger partial charge in [-0.05, 0) is 31.2 Å². The Morgan fingerprint density at radius 3 is 2.27 bits per heavy atom. The molecule has 90 valence electrons. The summed E-state index contributed by atoms with van der Waals surface area (Å²) in [6.45, 7) is 7.27. The molecule has 0 spiro atoms. The first-order valence-corrected chi connectivity index (χ1v) is 6.11. The molecule has 3 heteroatoms. The number of nitrogens with one attached hydrogen (secondary N) is 1. The van der Waals surface area contributed by atoms with E-state index < -0.39 is 5.97 Å². The lowest BCUT2D eigenvalue weighted by molar-refractivity contribution is -0.136. The minimum Gasteiger partial charge on any atom is -0.480 e. The minimum atomic E-state index is -0.760. The second kappa shape index (κ2) is 8.72. The minimum absolute atomic E-state index is 0.103. The highest BCUT2D eigenvalue weighted by Crippen LogP contribution is 2.27. The van der Waals surface area contributed by atoms with E-state index in [1.54, 1.807) is 0 Å². The SMILES string of the molecule is CC.CC1CCC(CNCC(=O)O)CC1. The number of aliphatic carboxylic acids is 1. The van der Waals surface area contributed by atoms with Crippen LogP contribution < -0.4 is 5.32 Å². The number of carboxylic acids is 1. The maximum atomic E-state index is 10.2. The Bertz CT molecular complexity index is 163. The van der Waals surface area contributed by atoms with Gasteiger partial charge in [0.25, 0.3) is 0 Å². The first-order valence-electron chi connectivity index (χ1n) is 6.11. The van der Waals surface area contributed by atoms with Crippen molar-refractivity contribution in [2.45, 2.75) is 46.5 Å². The molecule has 0 saturated heterocycles. The summed E-state index contributed by atoms with van der Waals surface area (Å²) in [7, 11) is 0. The van der Waals surface area contributed by atoms with Gasteiger partial charge in [-0.3, -0.25) is 4.79 Å². The zero-order valence-electron chi connectivity index (χ0n) is 10.3. The average Bonchev–Trinajstić information content (AvgIpc) is 2.23. The molecule has 0 atom stereocenters. The van der Waals surface area contributed by atoms with Crippen molar-refractivity contribution in [3.05, 3.63) is 0 Å². The Hall–Kier alpha value is -0.570. The van der Waals surface area contributed by atoms with Crippen LogP contribution >= 0.6 is 0 Å². The molecule has 0 amide bonds. The third kappa shape index (κ3) is 7.37. The number of hydrogen-bond acceptors (Lipinski definition) is 2. The lowest BCUT2D eigenvalue weighted by Crippen LogP contribution is -2.30. The Labute approximate surface area is 93.3 Å². The van der Waals surface area contributed by atoms with Crippen molar-refractivity contribution in [1.82, 2.24) is 5.32 Å². The standard InChI is InChI=1S/C10H19NO2.C2H6/c1-8-2-4-9(5-3-8)6-11-7-10(12)13;1-2/h8-9,11H,2-7H2,1H3,(H,12,13);1-2H3. The highest BCUT2D eigenvalue weighted by Gasteiger charge is 2.17. The van der Waals surface area contributed by atoms with Crippen molar-refractivity contribution in [2.75, 3.05) is 13.1 Å². The molecule has 1 rings (SSSR count). The third-order valence-electron chi connectivity index (χ3n) is 2.84. The molecule has 3 nitrogen and oxygen atoms in total. The van der Waals surface area contributed by atoms with Crippen LogP contribution in [0.1, 0.15) is 46.5 Å². The maximum Gasteiger partial charge on any atom is 0.317 e. The molecule has 0 aromatic rings. The molecular formula is C12H25NO2. The Morgan fingerprint density at radius 2 is 1.80 bits per heavy atom. The Kier molecular flexibility index (Phi) is 8.38. The summed E-state index contributed by atoms with van der Waals surface area (Å²) >= 11 is 0. The average molecular weight is 215 g/mol. The predicted molar refractivity (Wildman–Crippen MR) is 63.0 cm³/mol. The molecule has 0 bridgehead atoms. The first-order chi connectivity index (χ1) is 7.18. The van der Waals surface area contributed by atoms with Crippen LogP contribution in [0.2, 0.25) is 0 Å². The van der Waals surface area contributed by atoms with Crippen LogP contribution in [0.4, 0.5) is 0 Å². The summed E-state index contributed by atoms with van der Waals surface area (Å²) in [6.07, 6.45) is 5.13. The maximum absolute atomic E-state index is 10.2. The van der Waals surface area contributed by atoms with E-state index in [0.717, 1.165) is 12.5 Å². The zero-order chi connectivity index (χ0) is 11.7. The molecule has 0 heterocycles. The van der Waals surface area contributed by atoms with Gasteiger partial charge in [0.1, 0.15) is 0 Å². The highest BCUT2D eigenvalue weighted by atomic mass is 16.4. The van der Waals surface area contributed by atoms with Gasteiger partial charge in [-0.1, -0.05) is 33.6 Å². The molecule has 0 radical (unpaired) electrons. The van der Waals surface area contributed by atoms with Gasteiger partial charge in [-0.2, -0.15) is 0 Å². The summed E-state index contributed by atoms with van der Waals surface area (Å²) in [4.78, 5) is 10.2. The predicted octanol–water partition coefficient (Wildman–Crippen LogP) is 2.51. The summed E-state index contributed by atoms with van der Waals surface area (Å²) in [5, 5.41) is 11.4. The number of carboxylic acid groups (broad SMARTS) is 1. The second-order valence-electron chi connectivity index (χ2n) is 4.15. The van der Waals surface area contributed by atoms with Crippen molar-refractivity contribution in [2.24, 2.45) is 11.8 Å². The lowest BCUT2D eigenvalue weighted by Gasteiger charge is -2.25. The fourth-order valence-corrected chi connectivity index (χ4v) is 1.92. The fraction of sp³-hybridized carbons (Fsp3) is 0.917. The lowest BCUT2D eigenvalue weighted by atomic mass is 9.83. The van der Waals surface area contributed by atoms with Gasteiger partial charge in [0, 0.05) is 0 Å². The molecule has 1 aliphatic carbocycles. The van der Waals surface area contributed by atoms with Gasteiger partial charge >= 0.3 is 5.97 Å². The Morgan fingerprint density at radius 1 is 1.27 bits per heavy atom. The van der Waals surface area contributed by atoms with Crippen LogP contribution in [0.25, 0.3) is 0 Å². The summed E-state index contributed by atoms with van der Waals surface area (Å²) < 4.78 is 0. The van der Waals surface area contributed by atoms with Crippen molar-refractivity contribution >= 4 is 5.97 Å². The zero-order valence-corrected chi connectivity index (χ0v) is 10.3. The molecule has 0 aromatic carbocycles. The van der Waals surface area contributed by atoms with Gasteiger partial charge in [-0.15, -0.1) is 0 Å². The molecule has 0 unspecified atom stereocenters. The smallest absolute Gasteiger partial charge is 0.317 e.